The summed E-state index contributed by atoms with van der Waals surface area (Å²) in [5.41, 5.74) is -0.106. The Morgan fingerprint density at radius 3 is 2.57 bits per heavy atom. The number of nitrogens with one attached hydrogen (secondary N) is 2. The Balaban J connectivity index is 2.44. The van der Waals surface area contributed by atoms with Gasteiger partial charge in [-0.2, -0.15) is 0 Å². The van der Waals surface area contributed by atoms with E-state index in [9.17, 15) is 4.79 Å². The smallest absolute Gasteiger partial charge is 0.223 e. The van der Waals surface area contributed by atoms with Gasteiger partial charge >= 0.3 is 0 Å². The Labute approximate surface area is 86.6 Å². The van der Waals surface area contributed by atoms with Crippen LogP contribution in [0.2, 0.25) is 0 Å². The normalized spacial score (nSPS) is 28.6. The lowest BCUT2D eigenvalue weighted by atomic mass is 9.91. The highest BCUT2D eigenvalue weighted by Crippen LogP contribution is 2.17. The van der Waals surface area contributed by atoms with Gasteiger partial charge in [0.25, 0.3) is 0 Å². The maximum Gasteiger partial charge on any atom is 0.223 e. The molecule has 0 aliphatic carbocycles. The van der Waals surface area contributed by atoms with Gasteiger partial charge in [-0.15, -0.1) is 0 Å². The van der Waals surface area contributed by atoms with Crippen molar-refractivity contribution in [1.29, 1.82) is 0 Å². The molecule has 1 aliphatic rings. The molecule has 1 heterocycles. The highest BCUT2D eigenvalue weighted by Gasteiger charge is 2.26. The average Bonchev–Trinajstić information content (AvgIpc) is 2.01. The van der Waals surface area contributed by atoms with Crippen LogP contribution < -0.4 is 10.6 Å². The second-order valence-corrected chi connectivity index (χ2v) is 5.32. The molecule has 3 heteroatoms. The van der Waals surface area contributed by atoms with Crippen molar-refractivity contribution in [3.63, 3.8) is 0 Å². The monoisotopic (exact) mass is 198 g/mol. The molecule has 82 valence electrons. The van der Waals surface area contributed by atoms with Crippen LogP contribution in [0.15, 0.2) is 0 Å². The third-order valence-corrected chi connectivity index (χ3v) is 2.49. The van der Waals surface area contributed by atoms with Crippen LogP contribution in [-0.2, 0) is 4.79 Å². The molecule has 1 fully saturated rings. The van der Waals surface area contributed by atoms with Gasteiger partial charge in [-0.05, 0) is 47.1 Å². The first-order valence-corrected chi connectivity index (χ1v) is 5.44. The average molecular weight is 198 g/mol. The largest absolute Gasteiger partial charge is 0.351 e. The van der Waals surface area contributed by atoms with Crippen LogP contribution in [0.3, 0.4) is 0 Å². The summed E-state index contributed by atoms with van der Waals surface area (Å²) < 4.78 is 0. The molecule has 0 aromatic carbocycles. The Morgan fingerprint density at radius 1 is 1.43 bits per heavy atom. The maximum atomic E-state index is 11.8. The molecule has 1 aliphatic heterocycles. The van der Waals surface area contributed by atoms with Crippen molar-refractivity contribution in [1.82, 2.24) is 10.6 Å². The summed E-state index contributed by atoms with van der Waals surface area (Å²) in [4.78, 5) is 11.8. The third kappa shape index (κ3) is 3.66. The Kier molecular flexibility index (Phi) is 3.53. The van der Waals surface area contributed by atoms with Gasteiger partial charge in [0.15, 0.2) is 0 Å². The number of rotatable bonds is 1. The predicted molar refractivity (Wildman–Crippen MR) is 58.1 cm³/mol. The fraction of sp³-hybridized carbons (Fsp3) is 0.909. The molecule has 0 aromatic rings. The summed E-state index contributed by atoms with van der Waals surface area (Å²) in [6.45, 7) is 9.17. The van der Waals surface area contributed by atoms with Crippen LogP contribution in [0.1, 0.15) is 40.5 Å². The van der Waals surface area contributed by atoms with Crippen LogP contribution in [-0.4, -0.2) is 24.0 Å². The minimum atomic E-state index is -0.106. The Bertz CT molecular complexity index is 208. The zero-order valence-electron chi connectivity index (χ0n) is 9.68. The lowest BCUT2D eigenvalue weighted by Crippen LogP contribution is -2.48. The highest BCUT2D eigenvalue weighted by atomic mass is 16.2. The van der Waals surface area contributed by atoms with Crippen LogP contribution in [0, 0.1) is 5.92 Å². The molecule has 0 radical (unpaired) electrons. The van der Waals surface area contributed by atoms with E-state index in [0.717, 1.165) is 19.4 Å². The fourth-order valence-electron chi connectivity index (χ4n) is 1.84. The first-order chi connectivity index (χ1) is 6.38. The molecule has 2 unspecified atom stereocenters. The van der Waals surface area contributed by atoms with Crippen molar-refractivity contribution in [2.75, 3.05) is 6.54 Å². The molecule has 1 rings (SSSR count). The SMILES string of the molecule is CC1CC(C(=O)NC(C)(C)C)CCN1. The number of amides is 1. The van der Waals surface area contributed by atoms with Crippen molar-refractivity contribution in [2.45, 2.75) is 52.1 Å². The van der Waals surface area contributed by atoms with Crippen molar-refractivity contribution < 1.29 is 4.79 Å². The van der Waals surface area contributed by atoms with Gasteiger partial charge in [0, 0.05) is 17.5 Å². The van der Waals surface area contributed by atoms with Crippen molar-refractivity contribution >= 4 is 5.91 Å². The van der Waals surface area contributed by atoms with E-state index in [1.807, 2.05) is 20.8 Å². The van der Waals surface area contributed by atoms with Gasteiger partial charge in [-0.25, -0.2) is 0 Å². The summed E-state index contributed by atoms with van der Waals surface area (Å²) in [7, 11) is 0. The molecule has 2 atom stereocenters. The van der Waals surface area contributed by atoms with Crippen molar-refractivity contribution in [2.24, 2.45) is 5.92 Å². The van der Waals surface area contributed by atoms with E-state index < -0.39 is 0 Å². The summed E-state index contributed by atoms with van der Waals surface area (Å²) >= 11 is 0. The van der Waals surface area contributed by atoms with Gasteiger partial charge in [0.1, 0.15) is 0 Å². The van der Waals surface area contributed by atoms with Gasteiger partial charge in [0.05, 0.1) is 0 Å². The van der Waals surface area contributed by atoms with E-state index in [0.29, 0.717) is 6.04 Å². The molecule has 0 spiro atoms. The summed E-state index contributed by atoms with van der Waals surface area (Å²) in [5.74, 6) is 0.413. The number of piperidine rings is 1. The molecule has 1 saturated heterocycles. The number of carbonyl (C=O) groups excluding carboxylic acids is 1. The zero-order chi connectivity index (χ0) is 10.8. The fourth-order valence-corrected chi connectivity index (χ4v) is 1.84. The number of hydrogen-bond acceptors (Lipinski definition) is 2. The van der Waals surface area contributed by atoms with E-state index in [-0.39, 0.29) is 17.4 Å². The van der Waals surface area contributed by atoms with Crippen LogP contribution in [0.25, 0.3) is 0 Å². The number of carbonyl (C=O) groups is 1. The topological polar surface area (TPSA) is 41.1 Å². The standard InChI is InChI=1S/C11H22N2O/c1-8-7-9(5-6-12-8)10(14)13-11(2,3)4/h8-9,12H,5-7H2,1-4H3,(H,13,14). The molecule has 2 N–H and O–H groups in total. The minimum Gasteiger partial charge on any atom is -0.351 e. The van der Waals surface area contributed by atoms with Crippen LogP contribution >= 0.6 is 0 Å². The highest BCUT2D eigenvalue weighted by molar-refractivity contribution is 5.79. The molecular weight excluding hydrogens is 176 g/mol. The quantitative estimate of drug-likeness (QED) is 0.666. The van der Waals surface area contributed by atoms with Gasteiger partial charge < -0.3 is 10.6 Å². The van der Waals surface area contributed by atoms with E-state index in [2.05, 4.69) is 17.6 Å². The first kappa shape index (κ1) is 11.5. The molecule has 3 nitrogen and oxygen atoms in total. The lowest BCUT2D eigenvalue weighted by Gasteiger charge is -2.30. The molecular formula is C11H22N2O. The van der Waals surface area contributed by atoms with Crippen molar-refractivity contribution in [3.05, 3.63) is 0 Å². The Morgan fingerprint density at radius 2 is 2.07 bits per heavy atom. The maximum absolute atomic E-state index is 11.8. The van der Waals surface area contributed by atoms with Crippen LogP contribution in [0.4, 0.5) is 0 Å². The summed E-state index contributed by atoms with van der Waals surface area (Å²) in [6.07, 6.45) is 1.92. The zero-order valence-corrected chi connectivity index (χ0v) is 9.68. The van der Waals surface area contributed by atoms with E-state index in [1.165, 1.54) is 0 Å². The van der Waals surface area contributed by atoms with Crippen LogP contribution in [0.5, 0.6) is 0 Å². The van der Waals surface area contributed by atoms with Gasteiger partial charge in [-0.1, -0.05) is 0 Å². The molecule has 0 aromatic heterocycles. The Hall–Kier alpha value is -0.570. The molecule has 14 heavy (non-hydrogen) atoms. The lowest BCUT2D eigenvalue weighted by molar-refractivity contribution is -0.127. The van der Waals surface area contributed by atoms with Crippen molar-refractivity contribution in [3.8, 4) is 0 Å². The molecule has 0 bridgehead atoms. The van der Waals surface area contributed by atoms with E-state index in [4.69, 9.17) is 0 Å². The molecule has 1 amide bonds. The molecule has 0 saturated carbocycles. The summed E-state index contributed by atoms with van der Waals surface area (Å²) in [5, 5.41) is 6.39. The summed E-state index contributed by atoms with van der Waals surface area (Å²) in [6, 6.07) is 0.472. The van der Waals surface area contributed by atoms with E-state index in [1.54, 1.807) is 0 Å². The second kappa shape index (κ2) is 4.30. The minimum absolute atomic E-state index is 0.106. The predicted octanol–water partition coefficient (Wildman–Crippen LogP) is 1.29. The number of hydrogen-bond donors (Lipinski definition) is 2. The third-order valence-electron chi connectivity index (χ3n) is 2.49. The van der Waals surface area contributed by atoms with E-state index >= 15 is 0 Å². The van der Waals surface area contributed by atoms with Gasteiger partial charge in [0.2, 0.25) is 5.91 Å². The first-order valence-electron chi connectivity index (χ1n) is 5.44. The second-order valence-electron chi connectivity index (χ2n) is 5.32. The van der Waals surface area contributed by atoms with Gasteiger partial charge in [-0.3, -0.25) is 4.79 Å².